The topological polar surface area (TPSA) is 74.6 Å². The number of hydrogen-bond donors (Lipinski definition) is 2. The third-order valence-corrected chi connectivity index (χ3v) is 5.06. The predicted octanol–water partition coefficient (Wildman–Crippen LogP) is 4.57. The summed E-state index contributed by atoms with van der Waals surface area (Å²) in [5.74, 6) is -2.46. The summed E-state index contributed by atoms with van der Waals surface area (Å²) in [6.07, 6.45) is 4.50. The van der Waals surface area contributed by atoms with Crippen molar-refractivity contribution in [2.45, 2.75) is 12.8 Å². The van der Waals surface area contributed by atoms with Gasteiger partial charge in [-0.15, -0.1) is 0 Å². The highest BCUT2D eigenvalue weighted by Crippen LogP contribution is 2.29. The highest BCUT2D eigenvalue weighted by atomic mass is 19.1. The van der Waals surface area contributed by atoms with Gasteiger partial charge in [0.2, 0.25) is 0 Å². The van der Waals surface area contributed by atoms with Gasteiger partial charge in [0.1, 0.15) is 17.1 Å². The normalized spacial score (nSPS) is 13.8. The predicted molar refractivity (Wildman–Crippen MR) is 117 cm³/mol. The number of hydrogen-bond acceptors (Lipinski definition) is 4. The Morgan fingerprint density at radius 3 is 2.28 bits per heavy atom. The summed E-state index contributed by atoms with van der Waals surface area (Å²) < 4.78 is 34.5. The van der Waals surface area contributed by atoms with Crippen LogP contribution in [0.4, 0.5) is 20.2 Å². The average Bonchev–Trinajstić information content (AvgIpc) is 3.48. The lowest BCUT2D eigenvalue weighted by atomic mass is 10.2. The molecule has 2 N–H and O–H groups in total. The SMILES string of the molecule is O=C(Nc1cc(F)c(N2CCCC2)c(F)c1)/C(=C/c1ccco1)NC(=O)c1ccccc1. The van der Waals surface area contributed by atoms with Crippen molar-refractivity contribution in [2.75, 3.05) is 23.3 Å². The van der Waals surface area contributed by atoms with Gasteiger partial charge in [-0.3, -0.25) is 9.59 Å². The zero-order chi connectivity index (χ0) is 22.5. The Bertz CT molecular complexity index is 1120. The number of rotatable bonds is 6. The van der Waals surface area contributed by atoms with E-state index in [2.05, 4.69) is 10.6 Å². The van der Waals surface area contributed by atoms with Crippen LogP contribution in [0.2, 0.25) is 0 Å². The molecule has 1 aliphatic rings. The lowest BCUT2D eigenvalue weighted by Crippen LogP contribution is -2.30. The molecule has 1 aliphatic heterocycles. The molecule has 2 aromatic carbocycles. The van der Waals surface area contributed by atoms with Gasteiger partial charge in [0.25, 0.3) is 11.8 Å². The van der Waals surface area contributed by atoms with Gasteiger partial charge in [0.15, 0.2) is 11.6 Å². The average molecular weight is 437 g/mol. The number of furan rings is 1. The van der Waals surface area contributed by atoms with Crippen molar-refractivity contribution in [3.8, 4) is 0 Å². The Hall–Kier alpha value is -3.94. The fourth-order valence-electron chi connectivity index (χ4n) is 3.54. The Morgan fingerprint density at radius 2 is 1.66 bits per heavy atom. The number of nitrogens with zero attached hydrogens (tertiary/aromatic N) is 1. The van der Waals surface area contributed by atoms with Gasteiger partial charge in [-0.1, -0.05) is 18.2 Å². The number of nitrogens with one attached hydrogen (secondary N) is 2. The zero-order valence-corrected chi connectivity index (χ0v) is 17.1. The third kappa shape index (κ3) is 4.85. The van der Waals surface area contributed by atoms with Gasteiger partial charge in [0, 0.05) is 30.4 Å². The van der Waals surface area contributed by atoms with E-state index in [9.17, 15) is 18.4 Å². The summed E-state index contributed by atoms with van der Waals surface area (Å²) in [6.45, 7) is 1.17. The lowest BCUT2D eigenvalue weighted by Gasteiger charge is -2.20. The number of carbonyl (C=O) groups is 2. The van der Waals surface area contributed by atoms with Gasteiger partial charge in [-0.2, -0.15) is 0 Å². The van der Waals surface area contributed by atoms with Crippen LogP contribution in [0, 0.1) is 11.6 Å². The first-order valence-corrected chi connectivity index (χ1v) is 10.2. The van der Waals surface area contributed by atoms with Gasteiger partial charge < -0.3 is 20.0 Å². The molecule has 2 amide bonds. The molecule has 0 unspecified atom stereocenters. The van der Waals surface area contributed by atoms with E-state index in [0.717, 1.165) is 25.0 Å². The summed E-state index contributed by atoms with van der Waals surface area (Å²) in [5, 5.41) is 4.98. The third-order valence-electron chi connectivity index (χ3n) is 5.06. The zero-order valence-electron chi connectivity index (χ0n) is 17.1. The smallest absolute Gasteiger partial charge is 0.272 e. The molecule has 6 nitrogen and oxygen atoms in total. The number of benzene rings is 2. The minimum atomic E-state index is -0.757. The second kappa shape index (κ2) is 9.47. The molecule has 164 valence electrons. The van der Waals surface area contributed by atoms with E-state index in [0.29, 0.717) is 24.4 Å². The molecule has 1 aromatic heterocycles. The van der Waals surface area contributed by atoms with Crippen LogP contribution in [-0.2, 0) is 4.79 Å². The van der Waals surface area contributed by atoms with Crippen molar-refractivity contribution in [1.82, 2.24) is 5.32 Å². The molecule has 1 saturated heterocycles. The van der Waals surface area contributed by atoms with Crippen molar-refractivity contribution in [2.24, 2.45) is 0 Å². The van der Waals surface area contributed by atoms with Crippen molar-refractivity contribution in [3.05, 3.63) is 89.5 Å². The molecule has 0 bridgehead atoms. The van der Waals surface area contributed by atoms with E-state index in [1.165, 1.54) is 12.3 Å². The molecular formula is C24H21F2N3O3. The molecule has 4 rings (SSSR count). The van der Waals surface area contributed by atoms with Crippen molar-refractivity contribution < 1.29 is 22.8 Å². The number of carbonyl (C=O) groups excluding carboxylic acids is 2. The van der Waals surface area contributed by atoms with Crippen molar-refractivity contribution in [1.29, 1.82) is 0 Å². The molecule has 0 radical (unpaired) electrons. The van der Waals surface area contributed by atoms with Crippen LogP contribution in [0.25, 0.3) is 6.08 Å². The first-order chi connectivity index (χ1) is 15.5. The fourth-order valence-corrected chi connectivity index (χ4v) is 3.54. The number of halogens is 2. The summed E-state index contributed by atoms with van der Waals surface area (Å²) in [5.41, 5.74) is 0.0485. The molecule has 0 aliphatic carbocycles. The standard InChI is InChI=1S/C24H21F2N3O3/c25-19-13-17(14-20(26)22(19)29-10-4-5-11-29)27-24(31)21(15-18-9-6-12-32-18)28-23(30)16-7-2-1-3-8-16/h1-3,6-9,12-15H,4-5,10-11H2,(H,27,31)(H,28,30)/b21-15-. The monoisotopic (exact) mass is 437 g/mol. The van der Waals surface area contributed by atoms with E-state index in [1.807, 2.05) is 0 Å². The van der Waals surface area contributed by atoms with Crippen LogP contribution in [0.1, 0.15) is 29.0 Å². The molecule has 0 atom stereocenters. The van der Waals surface area contributed by atoms with Gasteiger partial charge in [-0.05, 0) is 49.2 Å². The first-order valence-electron chi connectivity index (χ1n) is 10.2. The van der Waals surface area contributed by atoms with E-state index in [4.69, 9.17) is 4.42 Å². The van der Waals surface area contributed by atoms with Crippen LogP contribution < -0.4 is 15.5 Å². The molecule has 0 spiro atoms. The highest BCUT2D eigenvalue weighted by molar-refractivity contribution is 6.10. The molecule has 32 heavy (non-hydrogen) atoms. The summed E-state index contributed by atoms with van der Waals surface area (Å²) >= 11 is 0. The maximum Gasteiger partial charge on any atom is 0.272 e. The number of amides is 2. The van der Waals surface area contributed by atoms with E-state index in [1.54, 1.807) is 47.4 Å². The molecule has 8 heteroatoms. The van der Waals surface area contributed by atoms with Crippen LogP contribution in [-0.4, -0.2) is 24.9 Å². The van der Waals surface area contributed by atoms with Crippen LogP contribution >= 0.6 is 0 Å². The lowest BCUT2D eigenvalue weighted by molar-refractivity contribution is -0.113. The second-order valence-corrected chi connectivity index (χ2v) is 7.33. The first kappa shape index (κ1) is 21.3. The fraction of sp³-hybridized carbons (Fsp3) is 0.167. The second-order valence-electron chi connectivity index (χ2n) is 7.33. The Labute approximate surface area is 183 Å². The minimum absolute atomic E-state index is 0.0627. The molecule has 3 aromatic rings. The summed E-state index contributed by atoms with van der Waals surface area (Å²) in [6, 6.07) is 13.7. The maximum absolute atomic E-state index is 14.6. The van der Waals surface area contributed by atoms with Crippen LogP contribution in [0.5, 0.6) is 0 Å². The minimum Gasteiger partial charge on any atom is -0.465 e. The van der Waals surface area contributed by atoms with Gasteiger partial charge in [-0.25, -0.2) is 8.78 Å². The summed E-state index contributed by atoms with van der Waals surface area (Å²) in [4.78, 5) is 27.1. The van der Waals surface area contributed by atoms with E-state index < -0.39 is 23.4 Å². The largest absolute Gasteiger partial charge is 0.465 e. The quantitative estimate of drug-likeness (QED) is 0.554. The Morgan fingerprint density at radius 1 is 0.969 bits per heavy atom. The molecular weight excluding hydrogens is 416 g/mol. The molecule has 1 fully saturated rings. The van der Waals surface area contributed by atoms with E-state index >= 15 is 0 Å². The molecule has 0 saturated carbocycles. The van der Waals surface area contributed by atoms with Gasteiger partial charge >= 0.3 is 0 Å². The maximum atomic E-state index is 14.6. The van der Waals surface area contributed by atoms with E-state index in [-0.39, 0.29) is 17.1 Å². The van der Waals surface area contributed by atoms with Crippen molar-refractivity contribution >= 4 is 29.3 Å². The Kier molecular flexibility index (Phi) is 6.30. The van der Waals surface area contributed by atoms with Gasteiger partial charge in [0.05, 0.1) is 6.26 Å². The highest BCUT2D eigenvalue weighted by Gasteiger charge is 2.22. The number of anilines is 2. The Balaban J connectivity index is 1.57. The molecule has 2 heterocycles. The summed E-state index contributed by atoms with van der Waals surface area (Å²) in [7, 11) is 0. The van der Waals surface area contributed by atoms with Crippen molar-refractivity contribution in [3.63, 3.8) is 0 Å². The van der Waals surface area contributed by atoms with Crippen LogP contribution in [0.3, 0.4) is 0 Å². The van der Waals surface area contributed by atoms with Crippen LogP contribution in [0.15, 0.2) is 71.0 Å².